The molecule has 2 nitrogen and oxygen atoms in total. The lowest BCUT2D eigenvalue weighted by Crippen LogP contribution is -1.83. The summed E-state index contributed by atoms with van der Waals surface area (Å²) >= 11 is 0. The van der Waals surface area contributed by atoms with Gasteiger partial charge in [0.05, 0.1) is 11.3 Å². The van der Waals surface area contributed by atoms with Crippen molar-refractivity contribution < 1.29 is 0 Å². The minimum Gasteiger partial charge on any atom is -0.263 e. The normalized spacial score (nSPS) is 9.08. The van der Waals surface area contributed by atoms with Gasteiger partial charge in [0.25, 0.3) is 0 Å². The molecular weight excluding hydrogens is 148 g/mol. The van der Waals surface area contributed by atoms with Gasteiger partial charge in [0.15, 0.2) is 0 Å². The number of nitriles is 1. The largest absolute Gasteiger partial charge is 0.263 e. The summed E-state index contributed by atoms with van der Waals surface area (Å²) in [4.78, 5) is 3.81. The van der Waals surface area contributed by atoms with Gasteiger partial charge in [-0.05, 0) is 37.8 Å². The molecule has 12 heavy (non-hydrogen) atoms. The summed E-state index contributed by atoms with van der Waals surface area (Å²) < 4.78 is 0. The lowest BCUT2D eigenvalue weighted by atomic mass is 10.1. The maximum Gasteiger partial charge on any atom is 0.101 e. The monoisotopic (exact) mass is 158 g/mol. The molecule has 1 rings (SSSR count). The first-order chi connectivity index (χ1) is 5.69. The van der Waals surface area contributed by atoms with Crippen molar-refractivity contribution >= 4 is 12.4 Å². The summed E-state index contributed by atoms with van der Waals surface area (Å²) in [5.41, 5.74) is 3.38. The van der Waals surface area contributed by atoms with E-state index in [-0.39, 0.29) is 0 Å². The first kappa shape index (κ1) is 8.48. The minimum atomic E-state index is 0.600. The highest BCUT2D eigenvalue weighted by Gasteiger charge is 2.03. The van der Waals surface area contributed by atoms with Crippen LogP contribution in [0.15, 0.2) is 17.1 Å². The minimum absolute atomic E-state index is 0.600. The van der Waals surface area contributed by atoms with Gasteiger partial charge in [0.2, 0.25) is 0 Å². The van der Waals surface area contributed by atoms with Crippen LogP contribution < -0.4 is 0 Å². The summed E-state index contributed by atoms with van der Waals surface area (Å²) in [5.74, 6) is 0. The van der Waals surface area contributed by atoms with Crippen LogP contribution in [0.3, 0.4) is 0 Å². The van der Waals surface area contributed by atoms with Crippen molar-refractivity contribution in [2.24, 2.45) is 4.99 Å². The second-order valence-electron chi connectivity index (χ2n) is 2.75. The first-order valence-corrected chi connectivity index (χ1v) is 3.67. The summed E-state index contributed by atoms with van der Waals surface area (Å²) in [6, 6.07) is 5.90. The molecule has 0 aromatic heterocycles. The van der Waals surface area contributed by atoms with Crippen molar-refractivity contribution in [2.75, 3.05) is 0 Å². The lowest BCUT2D eigenvalue weighted by Gasteiger charge is -2.02. The zero-order valence-corrected chi connectivity index (χ0v) is 7.26. The Bertz CT molecular complexity index is 359. The van der Waals surface area contributed by atoms with E-state index < -0.39 is 0 Å². The number of rotatable bonds is 1. The molecule has 60 valence electrons. The molecule has 0 bridgehead atoms. The van der Waals surface area contributed by atoms with Gasteiger partial charge in [-0.2, -0.15) is 5.26 Å². The summed E-state index contributed by atoms with van der Waals surface area (Å²) in [5, 5.41) is 8.76. The van der Waals surface area contributed by atoms with E-state index in [4.69, 9.17) is 5.26 Å². The number of nitrogens with zero attached hydrogens (tertiary/aromatic N) is 2. The summed E-state index contributed by atoms with van der Waals surface area (Å²) in [6.45, 7) is 7.32. The van der Waals surface area contributed by atoms with E-state index in [0.29, 0.717) is 11.3 Å². The highest BCUT2D eigenvalue weighted by atomic mass is 14.7. The maximum absolute atomic E-state index is 8.76. The number of hydrogen-bond donors (Lipinski definition) is 0. The fourth-order valence-electron chi connectivity index (χ4n) is 1.26. The SMILES string of the molecule is C=Nc1c(C)cc(C)cc1C#N. The zero-order valence-electron chi connectivity index (χ0n) is 7.26. The average Bonchev–Trinajstić information content (AvgIpc) is 2.03. The molecule has 0 amide bonds. The van der Waals surface area contributed by atoms with Gasteiger partial charge in [-0.25, -0.2) is 0 Å². The Morgan fingerprint density at radius 3 is 2.58 bits per heavy atom. The lowest BCUT2D eigenvalue weighted by molar-refractivity contribution is 1.32. The molecule has 0 radical (unpaired) electrons. The number of aryl methyl sites for hydroxylation is 2. The first-order valence-electron chi connectivity index (χ1n) is 3.67. The van der Waals surface area contributed by atoms with Crippen LogP contribution in [0.4, 0.5) is 5.69 Å². The molecule has 0 atom stereocenters. The van der Waals surface area contributed by atoms with E-state index in [2.05, 4.69) is 17.8 Å². The average molecular weight is 158 g/mol. The quantitative estimate of drug-likeness (QED) is 0.578. The number of hydrogen-bond acceptors (Lipinski definition) is 2. The van der Waals surface area contributed by atoms with E-state index >= 15 is 0 Å². The third-order valence-electron chi connectivity index (χ3n) is 1.72. The molecule has 0 saturated heterocycles. The second kappa shape index (κ2) is 3.19. The van der Waals surface area contributed by atoms with Crippen LogP contribution >= 0.6 is 0 Å². The predicted molar refractivity (Wildman–Crippen MR) is 49.8 cm³/mol. The molecule has 1 aromatic rings. The Balaban J connectivity index is 3.46. The molecule has 0 unspecified atom stereocenters. The third-order valence-corrected chi connectivity index (χ3v) is 1.72. The van der Waals surface area contributed by atoms with Gasteiger partial charge in [-0.15, -0.1) is 0 Å². The van der Waals surface area contributed by atoms with E-state index in [9.17, 15) is 0 Å². The second-order valence-corrected chi connectivity index (χ2v) is 2.75. The molecule has 0 saturated carbocycles. The van der Waals surface area contributed by atoms with E-state index in [0.717, 1.165) is 11.1 Å². The van der Waals surface area contributed by atoms with Gasteiger partial charge in [0.1, 0.15) is 6.07 Å². The molecule has 0 aliphatic carbocycles. The van der Waals surface area contributed by atoms with Gasteiger partial charge in [-0.3, -0.25) is 4.99 Å². The van der Waals surface area contributed by atoms with E-state index in [1.165, 1.54) is 0 Å². The van der Waals surface area contributed by atoms with E-state index in [1.54, 1.807) is 0 Å². The number of aliphatic imine (C=N–C) groups is 1. The maximum atomic E-state index is 8.76. The molecule has 0 aliphatic rings. The van der Waals surface area contributed by atoms with Crippen molar-refractivity contribution in [2.45, 2.75) is 13.8 Å². The zero-order chi connectivity index (χ0) is 9.14. The van der Waals surface area contributed by atoms with Crippen molar-refractivity contribution in [1.29, 1.82) is 5.26 Å². The molecule has 0 heterocycles. The Hall–Kier alpha value is -1.62. The van der Waals surface area contributed by atoms with Crippen molar-refractivity contribution in [1.82, 2.24) is 0 Å². The highest BCUT2D eigenvalue weighted by molar-refractivity contribution is 5.62. The topological polar surface area (TPSA) is 36.1 Å². The third kappa shape index (κ3) is 1.35. The van der Waals surface area contributed by atoms with Crippen LogP contribution in [0.25, 0.3) is 0 Å². The van der Waals surface area contributed by atoms with Crippen LogP contribution in [0.5, 0.6) is 0 Å². The smallest absolute Gasteiger partial charge is 0.101 e. The fourth-order valence-corrected chi connectivity index (χ4v) is 1.26. The van der Waals surface area contributed by atoms with Gasteiger partial charge < -0.3 is 0 Å². The van der Waals surface area contributed by atoms with Gasteiger partial charge >= 0.3 is 0 Å². The van der Waals surface area contributed by atoms with Crippen molar-refractivity contribution in [3.63, 3.8) is 0 Å². The standard InChI is InChI=1S/C10H10N2/c1-7-4-8(2)10(12-3)9(5-7)6-11/h4-5H,3H2,1-2H3. The van der Waals surface area contributed by atoms with Gasteiger partial charge in [0, 0.05) is 0 Å². The molecule has 1 aromatic carbocycles. The van der Waals surface area contributed by atoms with E-state index in [1.807, 2.05) is 26.0 Å². The summed E-state index contributed by atoms with van der Waals surface area (Å²) in [6.07, 6.45) is 0. The van der Waals surface area contributed by atoms with Crippen LogP contribution in [0.2, 0.25) is 0 Å². The number of benzene rings is 1. The fraction of sp³-hybridized carbons (Fsp3) is 0.200. The van der Waals surface area contributed by atoms with Crippen LogP contribution in [0, 0.1) is 25.2 Å². The Labute approximate surface area is 72.2 Å². The molecule has 0 N–H and O–H groups in total. The Kier molecular flexibility index (Phi) is 2.25. The predicted octanol–water partition coefficient (Wildman–Crippen LogP) is 2.51. The van der Waals surface area contributed by atoms with Crippen molar-refractivity contribution in [3.8, 4) is 6.07 Å². The molecule has 2 heteroatoms. The van der Waals surface area contributed by atoms with Crippen molar-refractivity contribution in [3.05, 3.63) is 28.8 Å². The van der Waals surface area contributed by atoms with Crippen LogP contribution in [0.1, 0.15) is 16.7 Å². The van der Waals surface area contributed by atoms with Crippen LogP contribution in [-0.2, 0) is 0 Å². The Morgan fingerprint density at radius 2 is 2.08 bits per heavy atom. The highest BCUT2D eigenvalue weighted by Crippen LogP contribution is 2.24. The van der Waals surface area contributed by atoms with Gasteiger partial charge in [-0.1, -0.05) is 6.07 Å². The molecule has 0 fully saturated rings. The molecule has 0 spiro atoms. The molecular formula is C10H10N2. The summed E-state index contributed by atoms with van der Waals surface area (Å²) in [7, 11) is 0. The Morgan fingerprint density at radius 1 is 1.42 bits per heavy atom. The van der Waals surface area contributed by atoms with Crippen LogP contribution in [-0.4, -0.2) is 6.72 Å². The molecule has 0 aliphatic heterocycles.